The third-order valence-electron chi connectivity index (χ3n) is 3.00. The number of halogens is 3. The molecule has 0 fully saturated rings. The van der Waals surface area contributed by atoms with E-state index in [1.807, 2.05) is 18.2 Å². The van der Waals surface area contributed by atoms with E-state index in [1.165, 1.54) is 5.56 Å². The summed E-state index contributed by atoms with van der Waals surface area (Å²) in [5.74, 6) is 0.840. The van der Waals surface area contributed by atoms with E-state index in [2.05, 4.69) is 75.3 Å². The number of hydrogen-bond donors (Lipinski definition) is 1. The van der Waals surface area contributed by atoms with Gasteiger partial charge in [0.05, 0.1) is 8.95 Å². The second-order valence-electron chi connectivity index (χ2n) is 5.20. The highest BCUT2D eigenvalue weighted by Crippen LogP contribution is 2.35. The fraction of sp³-hybridized carbons (Fsp3) is 0.294. The quantitative estimate of drug-likeness (QED) is 0.610. The summed E-state index contributed by atoms with van der Waals surface area (Å²) in [5, 5.41) is 3.41. The highest BCUT2D eigenvalue weighted by molar-refractivity contribution is 9.11. The van der Waals surface area contributed by atoms with Gasteiger partial charge in [0.2, 0.25) is 0 Å². The van der Waals surface area contributed by atoms with E-state index in [0.717, 1.165) is 26.8 Å². The second kappa shape index (κ2) is 9.56. The maximum Gasteiger partial charge on any atom is 0.148 e. The third kappa shape index (κ3) is 5.92. The normalized spacial score (nSPS) is 10.4. The smallest absolute Gasteiger partial charge is 0.148 e. The zero-order chi connectivity index (χ0) is 15.2. The molecule has 0 aliphatic carbocycles. The van der Waals surface area contributed by atoms with Crippen LogP contribution in [0.15, 0.2) is 51.4 Å². The average Bonchev–Trinajstić information content (AvgIpc) is 2.45. The van der Waals surface area contributed by atoms with Crippen LogP contribution in [0.1, 0.15) is 25.0 Å². The minimum Gasteiger partial charge on any atom is -0.487 e. The number of hydrogen-bond acceptors (Lipinski definition) is 2. The lowest BCUT2D eigenvalue weighted by Crippen LogP contribution is -2.21. The highest BCUT2D eigenvalue weighted by Gasteiger charge is 2.09. The van der Waals surface area contributed by atoms with E-state index in [0.29, 0.717) is 12.6 Å². The van der Waals surface area contributed by atoms with Crippen molar-refractivity contribution >= 4 is 44.3 Å². The zero-order valence-electron chi connectivity index (χ0n) is 12.6. The summed E-state index contributed by atoms with van der Waals surface area (Å²) in [6, 6.07) is 14.8. The van der Waals surface area contributed by atoms with Crippen molar-refractivity contribution in [3.8, 4) is 5.75 Å². The van der Waals surface area contributed by atoms with E-state index >= 15 is 0 Å². The van der Waals surface area contributed by atoms with Gasteiger partial charge in [-0.25, -0.2) is 0 Å². The van der Waals surface area contributed by atoms with Crippen molar-refractivity contribution in [2.24, 2.45) is 0 Å². The van der Waals surface area contributed by atoms with Gasteiger partial charge in [-0.3, -0.25) is 0 Å². The minimum atomic E-state index is 0. The maximum atomic E-state index is 5.92. The molecule has 0 aromatic heterocycles. The summed E-state index contributed by atoms with van der Waals surface area (Å²) in [5.41, 5.74) is 2.37. The number of rotatable bonds is 6. The predicted molar refractivity (Wildman–Crippen MR) is 102 cm³/mol. The molecule has 0 unspecified atom stereocenters. The Morgan fingerprint density at radius 1 is 1.00 bits per heavy atom. The standard InChI is InChI=1S/C17H19Br2NO.ClH/c1-12(2)20-10-14-8-15(18)17(16(19)9-14)21-11-13-6-4-3-5-7-13;/h3-9,12,20H,10-11H2,1-2H3;1H. The molecule has 0 saturated carbocycles. The number of benzene rings is 2. The van der Waals surface area contributed by atoms with Crippen molar-refractivity contribution in [3.63, 3.8) is 0 Å². The summed E-state index contributed by atoms with van der Waals surface area (Å²) in [7, 11) is 0. The van der Waals surface area contributed by atoms with Gasteiger partial charge in [0, 0.05) is 12.6 Å². The molecular formula is C17H20Br2ClNO. The molecule has 0 atom stereocenters. The Bertz CT molecular complexity index is 567. The summed E-state index contributed by atoms with van der Waals surface area (Å²) >= 11 is 7.19. The van der Waals surface area contributed by atoms with Crippen molar-refractivity contribution in [1.82, 2.24) is 5.32 Å². The Balaban J connectivity index is 0.00000242. The van der Waals surface area contributed by atoms with E-state index in [-0.39, 0.29) is 12.4 Å². The van der Waals surface area contributed by atoms with Crippen LogP contribution in [-0.2, 0) is 13.2 Å². The largest absolute Gasteiger partial charge is 0.487 e. The monoisotopic (exact) mass is 447 g/mol. The molecule has 0 heterocycles. The summed E-state index contributed by atoms with van der Waals surface area (Å²) in [6.45, 7) is 5.68. The van der Waals surface area contributed by atoms with Gasteiger partial charge in [0.1, 0.15) is 12.4 Å². The lowest BCUT2D eigenvalue weighted by atomic mass is 10.2. The van der Waals surface area contributed by atoms with Crippen LogP contribution in [0.2, 0.25) is 0 Å². The van der Waals surface area contributed by atoms with Crippen LogP contribution >= 0.6 is 44.3 Å². The molecule has 0 aliphatic heterocycles. The second-order valence-corrected chi connectivity index (χ2v) is 6.91. The fourth-order valence-corrected chi connectivity index (χ4v) is 3.41. The first-order chi connectivity index (χ1) is 10.1. The first-order valence-electron chi connectivity index (χ1n) is 6.94. The molecule has 0 saturated heterocycles. The van der Waals surface area contributed by atoms with Gasteiger partial charge in [-0.05, 0) is 55.1 Å². The van der Waals surface area contributed by atoms with Crippen molar-refractivity contribution < 1.29 is 4.74 Å². The van der Waals surface area contributed by atoms with Gasteiger partial charge in [0.15, 0.2) is 0 Å². The molecule has 0 amide bonds. The van der Waals surface area contributed by atoms with Gasteiger partial charge < -0.3 is 10.1 Å². The number of ether oxygens (including phenoxy) is 1. The fourth-order valence-electron chi connectivity index (χ4n) is 1.90. The summed E-state index contributed by atoms with van der Waals surface area (Å²) in [4.78, 5) is 0. The highest BCUT2D eigenvalue weighted by atomic mass is 79.9. The molecule has 2 nitrogen and oxygen atoms in total. The van der Waals surface area contributed by atoms with E-state index in [9.17, 15) is 0 Å². The molecule has 2 aromatic rings. The van der Waals surface area contributed by atoms with E-state index < -0.39 is 0 Å². The van der Waals surface area contributed by atoms with Crippen LogP contribution in [0.3, 0.4) is 0 Å². The SMILES string of the molecule is CC(C)NCc1cc(Br)c(OCc2ccccc2)c(Br)c1.Cl. The first kappa shape index (κ1) is 19.5. The topological polar surface area (TPSA) is 21.3 Å². The summed E-state index contributed by atoms with van der Waals surface area (Å²) in [6.07, 6.45) is 0. The molecule has 2 aromatic carbocycles. The summed E-state index contributed by atoms with van der Waals surface area (Å²) < 4.78 is 7.85. The molecule has 120 valence electrons. The van der Waals surface area contributed by atoms with Gasteiger partial charge in [0.25, 0.3) is 0 Å². The van der Waals surface area contributed by atoms with Crippen LogP contribution in [0, 0.1) is 0 Å². The average molecular weight is 450 g/mol. The van der Waals surface area contributed by atoms with Gasteiger partial charge >= 0.3 is 0 Å². The Labute approximate surface area is 155 Å². The molecule has 0 spiro atoms. The molecule has 0 radical (unpaired) electrons. The van der Waals surface area contributed by atoms with E-state index in [1.54, 1.807) is 0 Å². The van der Waals surface area contributed by atoms with Crippen LogP contribution in [0.25, 0.3) is 0 Å². The van der Waals surface area contributed by atoms with Crippen LogP contribution < -0.4 is 10.1 Å². The molecule has 5 heteroatoms. The molecule has 2 rings (SSSR count). The Hall–Kier alpha value is -0.550. The van der Waals surface area contributed by atoms with Crippen LogP contribution in [-0.4, -0.2) is 6.04 Å². The Morgan fingerprint density at radius 3 is 2.14 bits per heavy atom. The molecule has 0 aliphatic rings. The van der Waals surface area contributed by atoms with Gasteiger partial charge in [-0.1, -0.05) is 44.2 Å². The van der Waals surface area contributed by atoms with Crippen molar-refractivity contribution in [1.29, 1.82) is 0 Å². The lowest BCUT2D eigenvalue weighted by Gasteiger charge is -2.14. The zero-order valence-corrected chi connectivity index (χ0v) is 16.6. The molecule has 1 N–H and O–H groups in total. The van der Waals surface area contributed by atoms with Crippen LogP contribution in [0.4, 0.5) is 0 Å². The molecule has 0 bridgehead atoms. The number of nitrogens with one attached hydrogen (secondary N) is 1. The van der Waals surface area contributed by atoms with Crippen molar-refractivity contribution in [3.05, 3.63) is 62.5 Å². The minimum absolute atomic E-state index is 0. The van der Waals surface area contributed by atoms with Gasteiger partial charge in [-0.2, -0.15) is 0 Å². The predicted octanol–water partition coefficient (Wildman–Crippen LogP) is 5.71. The van der Waals surface area contributed by atoms with Gasteiger partial charge in [-0.15, -0.1) is 12.4 Å². The molecule has 22 heavy (non-hydrogen) atoms. The van der Waals surface area contributed by atoms with Crippen molar-refractivity contribution in [2.75, 3.05) is 0 Å². The van der Waals surface area contributed by atoms with E-state index in [4.69, 9.17) is 4.74 Å². The lowest BCUT2D eigenvalue weighted by molar-refractivity contribution is 0.302. The van der Waals surface area contributed by atoms with Crippen molar-refractivity contribution in [2.45, 2.75) is 33.0 Å². The Kier molecular flexibility index (Phi) is 8.47. The Morgan fingerprint density at radius 2 is 1.59 bits per heavy atom. The molecular weight excluding hydrogens is 429 g/mol. The first-order valence-corrected chi connectivity index (χ1v) is 8.53. The van der Waals surface area contributed by atoms with Crippen LogP contribution in [0.5, 0.6) is 5.75 Å². The third-order valence-corrected chi connectivity index (χ3v) is 4.18. The maximum absolute atomic E-state index is 5.92.